The van der Waals surface area contributed by atoms with E-state index >= 15 is 0 Å². The zero-order valence-electron chi connectivity index (χ0n) is 17.5. The minimum absolute atomic E-state index is 0.156. The summed E-state index contributed by atoms with van der Waals surface area (Å²) >= 11 is 1.35. The molecule has 0 radical (unpaired) electrons. The largest absolute Gasteiger partial charge is 0.325 e. The zero-order chi connectivity index (χ0) is 21.7. The van der Waals surface area contributed by atoms with Gasteiger partial charge in [0.1, 0.15) is 11.0 Å². The van der Waals surface area contributed by atoms with Crippen LogP contribution in [-0.4, -0.2) is 25.8 Å². The van der Waals surface area contributed by atoms with Gasteiger partial charge >= 0.3 is 0 Å². The second kappa shape index (κ2) is 9.49. The molecule has 1 amide bonds. The van der Waals surface area contributed by atoms with Crippen LogP contribution in [0, 0.1) is 5.92 Å². The fourth-order valence-electron chi connectivity index (χ4n) is 2.73. The van der Waals surface area contributed by atoms with Crippen LogP contribution in [0.2, 0.25) is 0 Å². The molecule has 0 saturated heterocycles. The van der Waals surface area contributed by atoms with Gasteiger partial charge in [0.05, 0.1) is 11.1 Å². The number of carbonyl (C=O) groups is 1. The van der Waals surface area contributed by atoms with E-state index in [1.807, 2.05) is 69.5 Å². The lowest BCUT2D eigenvalue weighted by Crippen LogP contribution is -2.35. The second-order valence-electron chi connectivity index (χ2n) is 7.94. The molecule has 6 nitrogen and oxygen atoms in total. The molecular weight excluding hydrogens is 416 g/mol. The molecule has 0 spiro atoms. The van der Waals surface area contributed by atoms with Crippen molar-refractivity contribution in [3.63, 3.8) is 0 Å². The maximum atomic E-state index is 12.9. The highest BCUT2D eigenvalue weighted by Gasteiger charge is 2.32. The fourth-order valence-corrected chi connectivity index (χ4v) is 4.85. The van der Waals surface area contributed by atoms with E-state index in [1.165, 1.54) is 11.3 Å². The summed E-state index contributed by atoms with van der Waals surface area (Å²) in [5.74, 6) is 0.717. The van der Waals surface area contributed by atoms with Crippen molar-refractivity contribution in [2.45, 2.75) is 33.1 Å². The minimum atomic E-state index is -1.18. The van der Waals surface area contributed by atoms with Crippen molar-refractivity contribution in [1.29, 1.82) is 0 Å². The van der Waals surface area contributed by atoms with Gasteiger partial charge in [-0.15, -0.1) is 11.3 Å². The van der Waals surface area contributed by atoms with Crippen molar-refractivity contribution in [2.75, 3.05) is 15.8 Å². The van der Waals surface area contributed by atoms with E-state index in [2.05, 4.69) is 20.0 Å². The Balaban J connectivity index is 1.66. The van der Waals surface area contributed by atoms with E-state index in [0.717, 1.165) is 11.1 Å². The smallest absolute Gasteiger partial charge is 0.236 e. The molecule has 8 heteroatoms. The van der Waals surface area contributed by atoms with Crippen molar-refractivity contribution in [2.24, 2.45) is 5.92 Å². The van der Waals surface area contributed by atoms with Gasteiger partial charge in [0.15, 0.2) is 5.13 Å². The van der Waals surface area contributed by atoms with Crippen molar-refractivity contribution in [3.05, 3.63) is 59.9 Å². The fraction of sp³-hybridized carbons (Fsp3) is 0.318. The molecule has 0 aliphatic heterocycles. The van der Waals surface area contributed by atoms with E-state index in [-0.39, 0.29) is 5.91 Å². The van der Waals surface area contributed by atoms with E-state index in [4.69, 9.17) is 0 Å². The number of nitrogens with one attached hydrogen (secondary N) is 2. The lowest BCUT2D eigenvalue weighted by atomic mass is 9.89. The number of rotatable bonds is 8. The normalized spacial score (nSPS) is 12.6. The summed E-state index contributed by atoms with van der Waals surface area (Å²) in [5.41, 5.74) is 2.57. The number of amides is 1. The van der Waals surface area contributed by atoms with Crippen LogP contribution >= 0.6 is 11.3 Å². The first-order chi connectivity index (χ1) is 14.3. The molecule has 1 aromatic carbocycles. The Morgan fingerprint density at radius 2 is 1.90 bits per heavy atom. The Bertz CT molecular complexity index is 1020. The van der Waals surface area contributed by atoms with Gasteiger partial charge in [-0.25, -0.2) is 9.19 Å². The summed E-state index contributed by atoms with van der Waals surface area (Å²) in [6.07, 6.45) is 3.54. The number of thiazole rings is 1. The van der Waals surface area contributed by atoms with Crippen LogP contribution in [0.1, 0.15) is 33.4 Å². The van der Waals surface area contributed by atoms with Crippen molar-refractivity contribution in [3.8, 4) is 11.1 Å². The van der Waals surface area contributed by atoms with Gasteiger partial charge in [0.25, 0.3) is 0 Å². The molecule has 0 fully saturated rings. The highest BCUT2D eigenvalue weighted by Crippen LogP contribution is 2.29. The van der Waals surface area contributed by atoms with Gasteiger partial charge in [-0.05, 0) is 49.1 Å². The molecule has 2 heterocycles. The summed E-state index contributed by atoms with van der Waals surface area (Å²) < 4.78 is 15.0. The summed E-state index contributed by atoms with van der Waals surface area (Å²) in [4.78, 5) is 21.6. The van der Waals surface area contributed by atoms with Gasteiger partial charge in [-0.3, -0.25) is 14.5 Å². The summed E-state index contributed by atoms with van der Waals surface area (Å²) in [6.45, 7) is 7.69. The zero-order valence-corrected chi connectivity index (χ0v) is 19.1. The Kier molecular flexibility index (Phi) is 6.99. The molecule has 1 unspecified atom stereocenters. The van der Waals surface area contributed by atoms with Gasteiger partial charge < -0.3 is 5.32 Å². The highest BCUT2D eigenvalue weighted by atomic mass is 32.2. The predicted molar refractivity (Wildman–Crippen MR) is 125 cm³/mol. The minimum Gasteiger partial charge on any atom is -0.325 e. The van der Waals surface area contributed by atoms with Crippen LogP contribution in [0.3, 0.4) is 0 Å². The van der Waals surface area contributed by atoms with E-state index < -0.39 is 16.4 Å². The molecule has 2 N–H and O–H groups in total. The van der Waals surface area contributed by atoms with Gasteiger partial charge in [0.2, 0.25) is 5.91 Å². The predicted octanol–water partition coefficient (Wildman–Crippen LogP) is 4.85. The molecule has 0 aliphatic carbocycles. The van der Waals surface area contributed by atoms with Crippen LogP contribution < -0.4 is 10.0 Å². The lowest BCUT2D eigenvalue weighted by molar-refractivity contribution is -0.120. The average molecular weight is 443 g/mol. The Hall–Kier alpha value is -2.58. The third kappa shape index (κ3) is 5.52. The number of pyridine rings is 1. The van der Waals surface area contributed by atoms with Crippen LogP contribution in [0.5, 0.6) is 0 Å². The van der Waals surface area contributed by atoms with Crippen LogP contribution in [0.4, 0.5) is 10.8 Å². The third-order valence-electron chi connectivity index (χ3n) is 4.54. The number of nitrogens with zero attached hydrogens (tertiary/aromatic N) is 2. The monoisotopic (exact) mass is 442 g/mol. The topological polar surface area (TPSA) is 84.0 Å². The summed E-state index contributed by atoms with van der Waals surface area (Å²) in [6, 6.07) is 11.5. The molecule has 0 aliphatic rings. The number of carbonyl (C=O) groups excluding carboxylic acids is 1. The molecule has 0 bridgehead atoms. The van der Waals surface area contributed by atoms with Gasteiger partial charge in [-0.1, -0.05) is 32.0 Å². The number of anilines is 2. The van der Waals surface area contributed by atoms with E-state index in [9.17, 15) is 9.00 Å². The molecular formula is C22H26N4O2S2. The highest BCUT2D eigenvalue weighted by molar-refractivity contribution is 7.86. The van der Waals surface area contributed by atoms with Crippen molar-refractivity contribution >= 4 is 39.0 Å². The number of aromatic nitrogens is 2. The molecule has 3 rings (SSSR count). The Morgan fingerprint density at radius 3 is 2.53 bits per heavy atom. The Morgan fingerprint density at radius 1 is 1.17 bits per heavy atom. The summed E-state index contributed by atoms with van der Waals surface area (Å²) in [7, 11) is -1.18. The lowest BCUT2D eigenvalue weighted by Gasteiger charge is -2.21. The Labute approximate surface area is 183 Å². The maximum absolute atomic E-state index is 12.9. The number of hydrogen-bond acceptors (Lipinski definition) is 5. The van der Waals surface area contributed by atoms with E-state index in [1.54, 1.807) is 12.4 Å². The second-order valence-corrected chi connectivity index (χ2v) is 10.0. The summed E-state index contributed by atoms with van der Waals surface area (Å²) in [5, 5.41) is 5.36. The first-order valence-electron chi connectivity index (χ1n) is 9.68. The quantitative estimate of drug-likeness (QED) is 0.522. The van der Waals surface area contributed by atoms with Gasteiger partial charge in [0, 0.05) is 29.2 Å². The molecule has 3 aromatic rings. The molecule has 158 valence electrons. The molecule has 30 heavy (non-hydrogen) atoms. The third-order valence-corrected chi connectivity index (χ3v) is 6.81. The van der Waals surface area contributed by atoms with Crippen LogP contribution in [0.25, 0.3) is 11.1 Å². The molecule has 1 atom stereocenters. The molecule has 0 saturated carbocycles. The van der Waals surface area contributed by atoms with Gasteiger partial charge in [-0.2, -0.15) is 0 Å². The van der Waals surface area contributed by atoms with Crippen LogP contribution in [-0.2, 0) is 21.2 Å². The standard InChI is InChI=1S/C22H26N4O2S2/c1-15(2)14-30(28)26-21-25-19(13-29-21)22(3,4)20(27)24-18-9-7-16(8-10-18)17-6-5-11-23-12-17/h5-13,15H,14H2,1-4H3,(H,24,27)(H,25,26). The number of hydrogen-bond donors (Lipinski definition) is 2. The van der Waals surface area contributed by atoms with Crippen LogP contribution in [0.15, 0.2) is 54.2 Å². The first kappa shape index (κ1) is 22.1. The SMILES string of the molecule is CC(C)CS(=O)Nc1nc(C(C)(C)C(=O)Nc2ccc(-c3cccnc3)cc2)cs1. The average Bonchev–Trinajstić information content (AvgIpc) is 3.17. The van der Waals surface area contributed by atoms with Crippen molar-refractivity contribution in [1.82, 2.24) is 9.97 Å². The van der Waals surface area contributed by atoms with Crippen molar-refractivity contribution < 1.29 is 9.00 Å². The van der Waals surface area contributed by atoms with E-state index in [0.29, 0.717) is 28.2 Å². The first-order valence-corrected chi connectivity index (χ1v) is 11.9. The molecule has 2 aromatic heterocycles. The maximum Gasteiger partial charge on any atom is 0.236 e. The number of benzene rings is 1.